The molecule has 1 aromatic heterocycles. The van der Waals surface area contributed by atoms with Crippen LogP contribution in [0.3, 0.4) is 0 Å². The summed E-state index contributed by atoms with van der Waals surface area (Å²) in [6.45, 7) is 2.08. The second-order valence-electron chi connectivity index (χ2n) is 6.30. The molecule has 0 spiro atoms. The van der Waals surface area contributed by atoms with Gasteiger partial charge in [-0.15, -0.1) is 5.69 Å². The van der Waals surface area contributed by atoms with E-state index in [4.69, 9.17) is 0 Å². The van der Waals surface area contributed by atoms with Crippen molar-refractivity contribution in [3.05, 3.63) is 110 Å². The number of benzene rings is 2. The van der Waals surface area contributed by atoms with Crippen molar-refractivity contribution in [3.63, 3.8) is 0 Å². The number of hydrogen-bond acceptors (Lipinski definition) is 4. The third-order valence-corrected chi connectivity index (χ3v) is 4.39. The van der Waals surface area contributed by atoms with E-state index in [0.29, 0.717) is 0 Å². The molecule has 29 heavy (non-hydrogen) atoms. The van der Waals surface area contributed by atoms with Crippen LogP contribution in [0.1, 0.15) is 0 Å². The molecule has 6 heteroatoms. The summed E-state index contributed by atoms with van der Waals surface area (Å²) in [7, 11) is 4.03. The Morgan fingerprint density at radius 2 is 1.72 bits per heavy atom. The summed E-state index contributed by atoms with van der Waals surface area (Å²) in [6, 6.07) is 25.5. The van der Waals surface area contributed by atoms with Crippen LogP contribution in [-0.4, -0.2) is 19.4 Å². The van der Waals surface area contributed by atoms with E-state index in [-0.39, 0.29) is 20.1 Å². The maximum Gasteiger partial charge on any atom is 0.284 e. The summed E-state index contributed by atoms with van der Waals surface area (Å²) >= 11 is 0. The van der Waals surface area contributed by atoms with Gasteiger partial charge in [-0.25, -0.2) is 4.98 Å². The molecule has 2 aliphatic heterocycles. The molecular formula is C23H20BIrN4-2. The topological polar surface area (TPSA) is 22.6 Å². The number of para-hydroxylation sites is 3. The average molecular weight is 555 g/mol. The third kappa shape index (κ3) is 4.97. The first-order chi connectivity index (χ1) is 13.8. The Hall–Kier alpha value is -2.82. The van der Waals surface area contributed by atoms with Gasteiger partial charge in [0.15, 0.2) is 0 Å². The van der Waals surface area contributed by atoms with Crippen molar-refractivity contribution < 1.29 is 20.1 Å². The fraction of sp³-hybridized carbons (Fsp3) is 0.0435. The number of pyridine rings is 1. The van der Waals surface area contributed by atoms with E-state index in [1.807, 2.05) is 73.0 Å². The summed E-state index contributed by atoms with van der Waals surface area (Å²) in [6.07, 6.45) is 7.73. The molecule has 146 valence electrons. The van der Waals surface area contributed by atoms with Gasteiger partial charge in [-0.3, -0.25) is 0 Å². The molecule has 3 aromatic rings. The molecule has 5 rings (SSSR count). The van der Waals surface area contributed by atoms with Gasteiger partial charge in [0.2, 0.25) is 0 Å². The molecule has 0 saturated heterocycles. The van der Waals surface area contributed by atoms with Crippen LogP contribution in [0.25, 0.3) is 0 Å². The summed E-state index contributed by atoms with van der Waals surface area (Å²) in [5, 5.41) is 0. The minimum atomic E-state index is 0. The fourth-order valence-corrected chi connectivity index (χ4v) is 3.05. The largest absolute Gasteiger partial charge is 0.504 e. The van der Waals surface area contributed by atoms with E-state index in [9.17, 15) is 0 Å². The van der Waals surface area contributed by atoms with Crippen molar-refractivity contribution in [1.29, 1.82) is 0 Å². The molecule has 0 fully saturated rings. The molecule has 0 bridgehead atoms. The molecule has 0 atom stereocenters. The SMILES string of the molecule is CN1[CH-]N(c2[c-]cccc2)c2ccccc21.[B]1C=CC=CN1c1ccccn1.[Ir]. The molecule has 0 amide bonds. The van der Waals surface area contributed by atoms with Gasteiger partial charge in [-0.05, 0) is 43.6 Å². The molecule has 0 saturated carbocycles. The summed E-state index contributed by atoms with van der Waals surface area (Å²) < 4.78 is 0. The molecule has 4 nitrogen and oxygen atoms in total. The maximum absolute atomic E-state index is 4.21. The van der Waals surface area contributed by atoms with E-state index in [2.05, 4.69) is 64.9 Å². The van der Waals surface area contributed by atoms with Crippen molar-refractivity contribution >= 4 is 30.3 Å². The number of hydrogen-bond donors (Lipinski definition) is 0. The number of anilines is 4. The van der Waals surface area contributed by atoms with Crippen molar-refractivity contribution in [3.8, 4) is 0 Å². The van der Waals surface area contributed by atoms with Crippen molar-refractivity contribution in [2.75, 3.05) is 21.7 Å². The van der Waals surface area contributed by atoms with Crippen LogP contribution in [0, 0.1) is 12.7 Å². The second-order valence-corrected chi connectivity index (χ2v) is 6.30. The monoisotopic (exact) mass is 556 g/mol. The zero-order chi connectivity index (χ0) is 19.2. The van der Waals surface area contributed by atoms with Gasteiger partial charge in [0, 0.05) is 37.7 Å². The second kappa shape index (κ2) is 10.1. The first-order valence-electron chi connectivity index (χ1n) is 9.13. The Labute approximate surface area is 186 Å². The molecule has 3 heterocycles. The van der Waals surface area contributed by atoms with Crippen molar-refractivity contribution in [1.82, 2.24) is 4.98 Å². The van der Waals surface area contributed by atoms with Gasteiger partial charge in [0.25, 0.3) is 7.41 Å². The zero-order valence-electron chi connectivity index (χ0n) is 16.0. The van der Waals surface area contributed by atoms with E-state index < -0.39 is 0 Å². The molecule has 0 unspecified atom stereocenters. The Bertz CT molecular complexity index is 963. The smallest absolute Gasteiger partial charge is 0.284 e. The van der Waals surface area contributed by atoms with Gasteiger partial charge in [-0.1, -0.05) is 30.3 Å². The van der Waals surface area contributed by atoms with Gasteiger partial charge in [-0.2, -0.15) is 37.0 Å². The van der Waals surface area contributed by atoms with Crippen LogP contribution >= 0.6 is 0 Å². The normalized spacial score (nSPS) is 13.8. The standard InChI is InChI=1S/C14H12N2.C9H8BN2.Ir/c1-15-11-16(12-7-3-2-4-8-12)14-10-6-5-9-13(14)15;1-3-7-11-9(5-1)12-8-4-2-6-10-12;/h2-7,9-11H,1H3;1-8H;/q-2;;. The van der Waals surface area contributed by atoms with E-state index in [1.165, 1.54) is 11.4 Å². The predicted octanol–water partition coefficient (Wildman–Crippen LogP) is 4.74. The Morgan fingerprint density at radius 1 is 0.931 bits per heavy atom. The average Bonchev–Trinajstić information content (AvgIpc) is 3.13. The van der Waals surface area contributed by atoms with Crippen LogP contribution < -0.4 is 14.6 Å². The molecule has 2 radical (unpaired) electrons. The van der Waals surface area contributed by atoms with Crippen LogP contribution in [0.5, 0.6) is 0 Å². The van der Waals surface area contributed by atoms with Crippen molar-refractivity contribution in [2.24, 2.45) is 0 Å². The Morgan fingerprint density at radius 3 is 2.41 bits per heavy atom. The molecule has 2 aromatic carbocycles. The first kappa shape index (κ1) is 20.9. The van der Waals surface area contributed by atoms with Crippen LogP contribution in [-0.2, 0) is 20.1 Å². The molecular weight excluding hydrogens is 535 g/mol. The fourth-order valence-electron chi connectivity index (χ4n) is 3.05. The number of nitrogens with zero attached hydrogens (tertiary/aromatic N) is 4. The van der Waals surface area contributed by atoms with E-state index in [1.54, 1.807) is 6.20 Å². The number of rotatable bonds is 2. The van der Waals surface area contributed by atoms with Crippen molar-refractivity contribution in [2.45, 2.75) is 0 Å². The van der Waals surface area contributed by atoms with E-state index >= 15 is 0 Å². The number of aromatic nitrogens is 1. The number of allylic oxidation sites excluding steroid dienone is 2. The van der Waals surface area contributed by atoms with Gasteiger partial charge < -0.3 is 14.6 Å². The van der Waals surface area contributed by atoms with Crippen LogP contribution in [0.2, 0.25) is 0 Å². The number of fused-ring (bicyclic) bond motifs is 1. The summed E-state index contributed by atoms with van der Waals surface area (Å²) in [5.41, 5.74) is 3.49. The van der Waals surface area contributed by atoms with Gasteiger partial charge >= 0.3 is 0 Å². The van der Waals surface area contributed by atoms with Gasteiger partial charge in [0.1, 0.15) is 5.82 Å². The minimum Gasteiger partial charge on any atom is -0.504 e. The Balaban J connectivity index is 0.000000167. The molecule has 2 aliphatic rings. The van der Waals surface area contributed by atoms with E-state index in [0.717, 1.165) is 11.5 Å². The Kier molecular flexibility index (Phi) is 7.28. The first-order valence-corrected chi connectivity index (χ1v) is 9.13. The summed E-state index contributed by atoms with van der Waals surface area (Å²) in [5.74, 6) is 2.92. The molecule has 0 N–H and O–H groups in total. The maximum atomic E-state index is 4.21. The van der Waals surface area contributed by atoms with Gasteiger partial charge in [0.05, 0.1) is 0 Å². The minimum absolute atomic E-state index is 0. The molecule has 0 aliphatic carbocycles. The summed E-state index contributed by atoms with van der Waals surface area (Å²) in [4.78, 5) is 10.5. The quantitative estimate of drug-likeness (QED) is 0.337. The zero-order valence-corrected chi connectivity index (χ0v) is 18.4. The third-order valence-electron chi connectivity index (χ3n) is 4.39. The van der Waals surface area contributed by atoms with Crippen LogP contribution in [0.4, 0.5) is 22.9 Å². The predicted molar refractivity (Wildman–Crippen MR) is 117 cm³/mol. The van der Waals surface area contributed by atoms with Crippen LogP contribution in [0.15, 0.2) is 97.3 Å².